The van der Waals surface area contributed by atoms with Gasteiger partial charge in [-0.25, -0.2) is 0 Å². The molecule has 4 heteroatoms. The number of aliphatic hydroxyl groups is 2. The topological polar surface area (TPSA) is 57.5 Å². The zero-order valence-electron chi connectivity index (χ0n) is 22.2. The average Bonchev–Trinajstić information content (AvgIpc) is 3.21. The maximum Gasteiger partial charge on any atom is 0.155 e. The van der Waals surface area contributed by atoms with Gasteiger partial charge in [-0.1, -0.05) is 67.3 Å². The smallest absolute Gasteiger partial charge is 0.155 e. The molecule has 0 aliphatic heterocycles. The molecule has 2 aromatic rings. The van der Waals surface area contributed by atoms with E-state index in [1.54, 1.807) is 11.8 Å². The summed E-state index contributed by atoms with van der Waals surface area (Å²) in [5.74, 6) is 7.80. The molecule has 38 heavy (non-hydrogen) atoms. The Bertz CT molecular complexity index is 1340. The number of benzene rings is 2. The van der Waals surface area contributed by atoms with Crippen LogP contribution in [-0.2, 0) is 4.79 Å². The van der Waals surface area contributed by atoms with Crippen LogP contribution in [0, 0.1) is 40.9 Å². The highest BCUT2D eigenvalue weighted by atomic mass is 32.2. The van der Waals surface area contributed by atoms with Gasteiger partial charge in [0.15, 0.2) is 5.78 Å². The van der Waals surface area contributed by atoms with Crippen molar-refractivity contribution < 1.29 is 15.0 Å². The molecule has 4 aliphatic rings. The van der Waals surface area contributed by atoms with Crippen LogP contribution in [0.5, 0.6) is 0 Å². The number of allylic oxidation sites excluding steroid dienone is 4. The Hall–Kier alpha value is -2.58. The Balaban J connectivity index is 1.41. The van der Waals surface area contributed by atoms with Gasteiger partial charge in [-0.15, -0.1) is 11.8 Å². The molecule has 6 rings (SSSR count). The summed E-state index contributed by atoms with van der Waals surface area (Å²) in [6.07, 6.45) is 12.5. The summed E-state index contributed by atoms with van der Waals surface area (Å²) < 4.78 is 0. The number of carbonyl (C=O) groups excluding carboxylic acids is 1. The number of ketones is 1. The van der Waals surface area contributed by atoms with Crippen LogP contribution in [0.25, 0.3) is 11.1 Å². The first-order chi connectivity index (χ1) is 18.4. The third-order valence-corrected chi connectivity index (χ3v) is 10.9. The second-order valence-corrected chi connectivity index (χ2v) is 12.7. The van der Waals surface area contributed by atoms with Crippen LogP contribution in [-0.4, -0.2) is 34.5 Å². The first-order valence-corrected chi connectivity index (χ1v) is 15.1. The molecular formula is C34H36O3S. The lowest BCUT2D eigenvalue weighted by atomic mass is 9.48. The van der Waals surface area contributed by atoms with Crippen LogP contribution in [0.3, 0.4) is 0 Å². The molecule has 0 unspecified atom stereocenters. The summed E-state index contributed by atoms with van der Waals surface area (Å²) in [7, 11) is 0. The maximum absolute atomic E-state index is 12.3. The first-order valence-electron chi connectivity index (χ1n) is 13.9. The van der Waals surface area contributed by atoms with Gasteiger partial charge in [-0.2, -0.15) is 0 Å². The lowest BCUT2D eigenvalue weighted by molar-refractivity contribution is -0.116. The summed E-state index contributed by atoms with van der Waals surface area (Å²) in [4.78, 5) is 13.5. The number of aliphatic hydroxyl groups excluding tert-OH is 1. The maximum atomic E-state index is 12.3. The Morgan fingerprint density at radius 3 is 2.42 bits per heavy atom. The second-order valence-electron chi connectivity index (χ2n) is 11.8. The van der Waals surface area contributed by atoms with Gasteiger partial charge in [0.2, 0.25) is 0 Å². The van der Waals surface area contributed by atoms with Gasteiger partial charge >= 0.3 is 0 Å². The van der Waals surface area contributed by atoms with Crippen molar-refractivity contribution in [3.05, 3.63) is 77.9 Å². The van der Waals surface area contributed by atoms with Gasteiger partial charge in [0, 0.05) is 16.7 Å². The quantitative estimate of drug-likeness (QED) is 0.360. The number of hydrogen-bond acceptors (Lipinski definition) is 4. The van der Waals surface area contributed by atoms with Crippen molar-refractivity contribution in [1.29, 1.82) is 0 Å². The fourth-order valence-electron chi connectivity index (χ4n) is 8.23. The molecule has 7 atom stereocenters. The number of thioether (sulfide) groups is 1. The molecule has 0 heterocycles. The summed E-state index contributed by atoms with van der Waals surface area (Å²) >= 11 is 1.75. The molecule has 2 saturated carbocycles. The highest BCUT2D eigenvalue weighted by molar-refractivity contribution is 7.98. The summed E-state index contributed by atoms with van der Waals surface area (Å²) in [5, 5.41) is 21.3. The molecule has 2 aromatic carbocycles. The molecule has 2 N–H and O–H groups in total. The Labute approximate surface area is 230 Å². The lowest BCUT2D eigenvalue weighted by Crippen LogP contribution is -2.54. The fraction of sp³-hybridized carbons (Fsp3) is 0.441. The largest absolute Gasteiger partial charge is 0.384 e. The van der Waals surface area contributed by atoms with E-state index in [1.165, 1.54) is 27.2 Å². The van der Waals surface area contributed by atoms with E-state index >= 15 is 0 Å². The Morgan fingerprint density at radius 1 is 1.03 bits per heavy atom. The molecule has 4 aliphatic carbocycles. The van der Waals surface area contributed by atoms with E-state index in [1.807, 2.05) is 6.08 Å². The monoisotopic (exact) mass is 524 g/mol. The average molecular weight is 525 g/mol. The van der Waals surface area contributed by atoms with E-state index < -0.39 is 5.60 Å². The minimum absolute atomic E-state index is 0.234. The Kier molecular flexibility index (Phi) is 6.67. The van der Waals surface area contributed by atoms with Crippen LogP contribution in [0.15, 0.2) is 77.2 Å². The van der Waals surface area contributed by atoms with Crippen molar-refractivity contribution in [1.82, 2.24) is 0 Å². The molecule has 0 spiro atoms. The normalized spacial score (nSPS) is 35.4. The summed E-state index contributed by atoms with van der Waals surface area (Å²) in [5.41, 5.74) is 3.44. The second kappa shape index (κ2) is 9.87. The lowest BCUT2D eigenvalue weighted by Gasteiger charge is -2.56. The number of hydrogen-bond donors (Lipinski definition) is 2. The van der Waals surface area contributed by atoms with E-state index in [2.05, 4.69) is 85.7 Å². The SMILES string of the molecule is CSc1ccc(-c2ccc([C@H]3C[C@@]4(C)[C@@H](CC[C@@]4(O)C#CCO)[C@@H]4C=CC5=CC(=O)CC[C@@H]5[C@H]43)cc2)cc1. The third-order valence-electron chi connectivity index (χ3n) is 10.2. The minimum atomic E-state index is -1.10. The standard InChI is InChI=1S/C34H36O3S/c1-33-21-30(24-6-4-22(5-7-24)23-8-12-27(38-2)13-9-23)32-28-15-11-26(36)20-25(28)10-14-29(32)31(33)16-18-34(33,37)17-3-19-35/h4-10,12-14,20,28-32,35,37H,11,15-16,18-19,21H2,1-2H3/t28-,29-,30+,31-,32+,33-,34-/m0/s1. The van der Waals surface area contributed by atoms with Crippen LogP contribution in [0.1, 0.15) is 50.5 Å². The van der Waals surface area contributed by atoms with Crippen molar-refractivity contribution in [3.8, 4) is 23.0 Å². The van der Waals surface area contributed by atoms with Gasteiger partial charge in [0.05, 0.1) is 0 Å². The van der Waals surface area contributed by atoms with Crippen molar-refractivity contribution in [3.63, 3.8) is 0 Å². The van der Waals surface area contributed by atoms with Crippen molar-refractivity contribution >= 4 is 17.5 Å². The van der Waals surface area contributed by atoms with Gasteiger partial charge in [0.25, 0.3) is 0 Å². The zero-order chi connectivity index (χ0) is 26.5. The van der Waals surface area contributed by atoms with Crippen LogP contribution >= 0.6 is 11.8 Å². The van der Waals surface area contributed by atoms with E-state index in [0.29, 0.717) is 36.5 Å². The van der Waals surface area contributed by atoms with Crippen LogP contribution < -0.4 is 0 Å². The molecule has 2 fully saturated rings. The highest BCUT2D eigenvalue weighted by Crippen LogP contribution is 2.67. The van der Waals surface area contributed by atoms with Crippen molar-refractivity contribution in [2.75, 3.05) is 12.9 Å². The first kappa shape index (κ1) is 25.7. The summed E-state index contributed by atoms with van der Waals surface area (Å²) in [6.45, 7) is 1.99. The van der Waals surface area contributed by atoms with Crippen molar-refractivity contribution in [2.24, 2.45) is 29.1 Å². The van der Waals surface area contributed by atoms with Crippen molar-refractivity contribution in [2.45, 2.75) is 55.4 Å². The van der Waals surface area contributed by atoms with Crippen LogP contribution in [0.4, 0.5) is 0 Å². The van der Waals surface area contributed by atoms with E-state index in [-0.39, 0.29) is 23.7 Å². The van der Waals surface area contributed by atoms with Gasteiger partial charge < -0.3 is 10.2 Å². The zero-order valence-corrected chi connectivity index (χ0v) is 23.0. The van der Waals surface area contributed by atoms with Gasteiger partial charge in [-0.3, -0.25) is 4.79 Å². The molecular weight excluding hydrogens is 488 g/mol. The molecule has 0 saturated heterocycles. The van der Waals surface area contributed by atoms with E-state index in [4.69, 9.17) is 0 Å². The summed E-state index contributed by atoms with van der Waals surface area (Å²) in [6, 6.07) is 17.7. The third kappa shape index (κ3) is 4.11. The van der Waals surface area contributed by atoms with E-state index in [0.717, 1.165) is 19.3 Å². The molecule has 0 aromatic heterocycles. The highest BCUT2D eigenvalue weighted by Gasteiger charge is 2.64. The van der Waals surface area contributed by atoms with Gasteiger partial charge in [0.1, 0.15) is 12.2 Å². The fourth-order valence-corrected chi connectivity index (χ4v) is 8.64. The van der Waals surface area contributed by atoms with E-state index in [9.17, 15) is 15.0 Å². The molecule has 196 valence electrons. The number of rotatable bonds is 3. The Morgan fingerprint density at radius 2 is 1.74 bits per heavy atom. The minimum Gasteiger partial charge on any atom is -0.384 e. The molecule has 0 radical (unpaired) electrons. The number of carbonyl (C=O) groups is 1. The van der Waals surface area contributed by atoms with Crippen LogP contribution in [0.2, 0.25) is 0 Å². The predicted octanol–water partition coefficient (Wildman–Crippen LogP) is 6.41. The molecule has 0 amide bonds. The van der Waals surface area contributed by atoms with Gasteiger partial charge in [-0.05, 0) is 102 Å². The predicted molar refractivity (Wildman–Crippen MR) is 154 cm³/mol. The molecule has 0 bridgehead atoms. The molecule has 3 nitrogen and oxygen atoms in total. The number of fused-ring (bicyclic) bond motifs is 5.